The molecule has 3 N–H and O–H groups in total. The molecule has 4 rings (SSSR count). The quantitative estimate of drug-likeness (QED) is 0.646. The molecule has 2 saturated heterocycles. The van der Waals surface area contributed by atoms with Crippen LogP contribution in [0, 0.1) is 5.92 Å². The van der Waals surface area contributed by atoms with E-state index in [1.165, 1.54) is 12.8 Å². The molecule has 0 aromatic heterocycles. The van der Waals surface area contributed by atoms with Crippen molar-refractivity contribution >= 4 is 18.3 Å². The summed E-state index contributed by atoms with van der Waals surface area (Å²) in [6.07, 6.45) is 4.43. The van der Waals surface area contributed by atoms with Gasteiger partial charge in [-0.3, -0.25) is 4.79 Å². The van der Waals surface area contributed by atoms with Crippen molar-refractivity contribution in [3.05, 3.63) is 18.2 Å². The Labute approximate surface area is 165 Å². The second kappa shape index (κ2) is 8.99. The minimum absolute atomic E-state index is 0. The number of benzene rings is 1. The van der Waals surface area contributed by atoms with Crippen LogP contribution in [0.15, 0.2) is 18.2 Å². The number of hydrogen-bond acceptors (Lipinski definition) is 6. The zero-order valence-corrected chi connectivity index (χ0v) is 16.0. The molecule has 0 saturated carbocycles. The predicted molar refractivity (Wildman–Crippen MR) is 102 cm³/mol. The van der Waals surface area contributed by atoms with Crippen LogP contribution < -0.4 is 24.8 Å². The number of carbonyl (C=O) groups is 1. The second-order valence-electron chi connectivity index (χ2n) is 7.46. The van der Waals surface area contributed by atoms with E-state index in [1.807, 2.05) is 0 Å². The van der Waals surface area contributed by atoms with E-state index in [1.54, 1.807) is 18.2 Å². The van der Waals surface area contributed by atoms with Gasteiger partial charge < -0.3 is 30.0 Å². The van der Waals surface area contributed by atoms with Gasteiger partial charge in [0.05, 0.1) is 0 Å². The molecular weight excluding hydrogens is 372 g/mol. The van der Waals surface area contributed by atoms with Crippen molar-refractivity contribution in [2.45, 2.75) is 50.3 Å². The fourth-order valence-corrected chi connectivity index (χ4v) is 4.13. The first-order chi connectivity index (χ1) is 12.7. The molecule has 1 aromatic carbocycles. The van der Waals surface area contributed by atoms with Gasteiger partial charge in [-0.25, -0.2) is 0 Å². The average Bonchev–Trinajstić information content (AvgIpc) is 3.23. The Kier molecular flexibility index (Phi) is 6.68. The summed E-state index contributed by atoms with van der Waals surface area (Å²) in [5.74, 6) is 2.40. The molecule has 3 atom stereocenters. The Bertz CT molecular complexity index is 647. The molecular formula is C19H27ClN2O5. The molecule has 3 unspecified atom stereocenters. The number of halogens is 1. The molecule has 3 aliphatic rings. The highest BCUT2D eigenvalue weighted by atomic mass is 35.5. The zero-order valence-electron chi connectivity index (χ0n) is 15.2. The topological polar surface area (TPSA) is 89.1 Å². The van der Waals surface area contributed by atoms with Crippen LogP contribution >= 0.6 is 12.4 Å². The molecule has 1 amide bonds. The van der Waals surface area contributed by atoms with Crippen LogP contribution in [-0.4, -0.2) is 49.1 Å². The Morgan fingerprint density at radius 2 is 2.00 bits per heavy atom. The van der Waals surface area contributed by atoms with Gasteiger partial charge in [0.15, 0.2) is 11.5 Å². The molecule has 2 bridgehead atoms. The summed E-state index contributed by atoms with van der Waals surface area (Å²) in [6, 6.07) is 6.46. The molecule has 0 radical (unpaired) electrons. The Morgan fingerprint density at radius 3 is 2.78 bits per heavy atom. The lowest BCUT2D eigenvalue weighted by molar-refractivity contribution is -0.122. The first-order valence-electron chi connectivity index (χ1n) is 9.39. The van der Waals surface area contributed by atoms with E-state index in [0.717, 1.165) is 12.8 Å². The molecule has 3 aliphatic heterocycles. The highest BCUT2D eigenvalue weighted by Gasteiger charge is 2.34. The lowest BCUT2D eigenvalue weighted by Crippen LogP contribution is -2.41. The van der Waals surface area contributed by atoms with Crippen molar-refractivity contribution < 1.29 is 24.1 Å². The van der Waals surface area contributed by atoms with Crippen LogP contribution in [-0.2, 0) is 4.79 Å². The summed E-state index contributed by atoms with van der Waals surface area (Å²) in [4.78, 5) is 12.1. The van der Waals surface area contributed by atoms with Crippen LogP contribution in [0.2, 0.25) is 0 Å². The molecule has 150 valence electrons. The molecule has 0 spiro atoms. The third kappa shape index (κ3) is 5.18. The van der Waals surface area contributed by atoms with Gasteiger partial charge in [0.25, 0.3) is 0 Å². The van der Waals surface area contributed by atoms with Crippen molar-refractivity contribution in [2.75, 3.05) is 19.9 Å². The number of ether oxygens (including phenoxy) is 3. The number of hydrogen-bond donors (Lipinski definition) is 3. The van der Waals surface area contributed by atoms with E-state index in [-0.39, 0.29) is 38.3 Å². The Balaban J connectivity index is 0.00000210. The molecule has 8 heteroatoms. The maximum Gasteiger partial charge on any atom is 0.231 e. The van der Waals surface area contributed by atoms with E-state index in [9.17, 15) is 9.90 Å². The number of aliphatic hydroxyl groups excluding tert-OH is 1. The van der Waals surface area contributed by atoms with E-state index >= 15 is 0 Å². The van der Waals surface area contributed by atoms with Crippen molar-refractivity contribution in [1.82, 2.24) is 10.6 Å². The fraction of sp³-hybridized carbons (Fsp3) is 0.632. The lowest BCUT2D eigenvalue weighted by atomic mass is 9.89. The fourth-order valence-electron chi connectivity index (χ4n) is 4.13. The number of piperidine rings is 1. The van der Waals surface area contributed by atoms with Crippen molar-refractivity contribution in [3.8, 4) is 17.2 Å². The summed E-state index contributed by atoms with van der Waals surface area (Å²) >= 11 is 0. The molecule has 1 aromatic rings. The number of rotatable bonds is 7. The van der Waals surface area contributed by atoms with Gasteiger partial charge in [-0.2, -0.15) is 0 Å². The monoisotopic (exact) mass is 398 g/mol. The normalized spacial score (nSPS) is 26.2. The van der Waals surface area contributed by atoms with Gasteiger partial charge in [0, 0.05) is 31.1 Å². The summed E-state index contributed by atoms with van der Waals surface area (Å²) < 4.78 is 16.1. The van der Waals surface area contributed by atoms with Crippen LogP contribution in [0.1, 0.15) is 32.1 Å². The molecule has 2 fully saturated rings. The van der Waals surface area contributed by atoms with Crippen molar-refractivity contribution in [3.63, 3.8) is 0 Å². The number of aliphatic hydroxyl groups is 1. The van der Waals surface area contributed by atoms with Crippen LogP contribution in [0.4, 0.5) is 0 Å². The first-order valence-corrected chi connectivity index (χ1v) is 9.39. The summed E-state index contributed by atoms with van der Waals surface area (Å²) in [5.41, 5.74) is 0. The molecule has 0 aliphatic carbocycles. The SMILES string of the molecule is Cl.O=C(CC1CC2CCC(C1)N2)NCC(O)COc1ccc2c(c1)OCO2. The number of nitrogens with one attached hydrogen (secondary N) is 2. The van der Waals surface area contributed by atoms with Crippen LogP contribution in [0.25, 0.3) is 0 Å². The third-order valence-electron chi connectivity index (χ3n) is 5.37. The number of fused-ring (bicyclic) bond motifs is 3. The van der Waals surface area contributed by atoms with E-state index in [0.29, 0.717) is 41.7 Å². The Hall–Kier alpha value is -1.70. The molecule has 3 heterocycles. The van der Waals surface area contributed by atoms with E-state index < -0.39 is 6.10 Å². The highest BCUT2D eigenvalue weighted by molar-refractivity contribution is 5.85. The van der Waals surface area contributed by atoms with Crippen molar-refractivity contribution in [2.24, 2.45) is 5.92 Å². The van der Waals surface area contributed by atoms with Gasteiger partial charge in [0.1, 0.15) is 18.5 Å². The van der Waals surface area contributed by atoms with E-state index in [4.69, 9.17) is 14.2 Å². The summed E-state index contributed by atoms with van der Waals surface area (Å²) in [5, 5.41) is 16.5. The lowest BCUT2D eigenvalue weighted by Gasteiger charge is -2.28. The number of amides is 1. The maximum absolute atomic E-state index is 12.1. The van der Waals surface area contributed by atoms with Crippen LogP contribution in [0.5, 0.6) is 17.2 Å². The average molecular weight is 399 g/mol. The van der Waals surface area contributed by atoms with Crippen LogP contribution in [0.3, 0.4) is 0 Å². The van der Waals surface area contributed by atoms with E-state index in [2.05, 4.69) is 10.6 Å². The minimum atomic E-state index is -0.756. The molecule has 7 nitrogen and oxygen atoms in total. The van der Waals surface area contributed by atoms with Gasteiger partial charge in [-0.15, -0.1) is 12.4 Å². The third-order valence-corrected chi connectivity index (χ3v) is 5.37. The van der Waals surface area contributed by atoms with Gasteiger partial charge in [-0.05, 0) is 43.7 Å². The molecule has 27 heavy (non-hydrogen) atoms. The summed E-state index contributed by atoms with van der Waals surface area (Å²) in [6.45, 7) is 0.518. The van der Waals surface area contributed by atoms with Crippen molar-refractivity contribution in [1.29, 1.82) is 0 Å². The highest BCUT2D eigenvalue weighted by Crippen LogP contribution is 2.35. The first kappa shape index (κ1) is 20.0. The predicted octanol–water partition coefficient (Wildman–Crippen LogP) is 1.61. The second-order valence-corrected chi connectivity index (χ2v) is 7.46. The zero-order chi connectivity index (χ0) is 17.9. The Morgan fingerprint density at radius 1 is 1.26 bits per heavy atom. The van der Waals surface area contributed by atoms with Gasteiger partial charge >= 0.3 is 0 Å². The summed E-state index contributed by atoms with van der Waals surface area (Å²) in [7, 11) is 0. The standard InChI is InChI=1S/C19H26N2O5.ClH/c22-15(10-24-16-3-4-17-18(8-16)26-11-25-17)9-20-19(23)7-12-5-13-1-2-14(6-12)21-13;/h3-4,8,12-15,21-22H,1-2,5-7,9-11H2,(H,20,23);1H. The number of carbonyl (C=O) groups excluding carboxylic acids is 1. The van der Waals surface area contributed by atoms with Gasteiger partial charge in [-0.1, -0.05) is 0 Å². The maximum atomic E-state index is 12.1. The van der Waals surface area contributed by atoms with Gasteiger partial charge in [0.2, 0.25) is 12.7 Å². The smallest absolute Gasteiger partial charge is 0.231 e. The largest absolute Gasteiger partial charge is 0.491 e. The minimum Gasteiger partial charge on any atom is -0.491 e.